The highest BCUT2D eigenvalue weighted by atomic mass is 16.4. The van der Waals surface area contributed by atoms with Gasteiger partial charge in [-0.15, -0.1) is 0 Å². The molecule has 102 valence electrons. The predicted molar refractivity (Wildman–Crippen MR) is 65.6 cm³/mol. The fourth-order valence-corrected chi connectivity index (χ4v) is 2.02. The van der Waals surface area contributed by atoms with Gasteiger partial charge in [-0.1, -0.05) is 0 Å². The van der Waals surface area contributed by atoms with Gasteiger partial charge in [0.15, 0.2) is 0 Å². The van der Waals surface area contributed by atoms with E-state index < -0.39 is 5.97 Å². The van der Waals surface area contributed by atoms with Crippen LogP contribution in [0.1, 0.15) is 23.3 Å². The molecule has 2 heterocycles. The van der Waals surface area contributed by atoms with Crippen molar-refractivity contribution in [1.29, 1.82) is 0 Å². The van der Waals surface area contributed by atoms with Crippen LogP contribution in [0, 0.1) is 0 Å². The van der Waals surface area contributed by atoms with Crippen LogP contribution in [0.3, 0.4) is 0 Å². The molecule has 7 nitrogen and oxygen atoms in total. The molecule has 0 spiro atoms. The van der Waals surface area contributed by atoms with Crippen molar-refractivity contribution < 1.29 is 19.5 Å². The maximum atomic E-state index is 11.7. The van der Waals surface area contributed by atoms with Gasteiger partial charge in [-0.3, -0.25) is 9.59 Å². The zero-order valence-corrected chi connectivity index (χ0v) is 10.3. The van der Waals surface area contributed by atoms with Crippen molar-refractivity contribution in [3.8, 4) is 0 Å². The summed E-state index contributed by atoms with van der Waals surface area (Å²) in [5, 5.41) is 14.3. The van der Waals surface area contributed by atoms with Gasteiger partial charge in [-0.25, -0.2) is 4.79 Å². The highest BCUT2D eigenvalue weighted by Gasteiger charge is 2.21. The molecule has 1 unspecified atom stereocenters. The highest BCUT2D eigenvalue weighted by molar-refractivity contribution is 5.87. The lowest BCUT2D eigenvalue weighted by Crippen LogP contribution is -2.39. The van der Waals surface area contributed by atoms with Gasteiger partial charge in [0.2, 0.25) is 11.8 Å². The Morgan fingerprint density at radius 1 is 1.53 bits per heavy atom. The summed E-state index contributed by atoms with van der Waals surface area (Å²) in [5.41, 5.74) is 0.0734. The van der Waals surface area contributed by atoms with E-state index >= 15 is 0 Å². The molecule has 3 N–H and O–H groups in total. The Morgan fingerprint density at radius 2 is 2.32 bits per heavy atom. The van der Waals surface area contributed by atoms with Gasteiger partial charge in [0, 0.05) is 25.2 Å². The fraction of sp³-hybridized carbons (Fsp3) is 0.417. The third-order valence-electron chi connectivity index (χ3n) is 2.99. The first-order valence-corrected chi connectivity index (χ1v) is 6.01. The minimum absolute atomic E-state index is 0.00202. The average Bonchev–Trinajstić information content (AvgIpc) is 2.95. The standard InChI is InChI=1S/C12H15N3O4/c16-10-4-3-8(14-10)6-13-11(17)7-15-5-1-2-9(15)12(18)19/h1-2,5,8H,3-4,6-7H2,(H,13,17)(H,14,16)(H,18,19). The van der Waals surface area contributed by atoms with Gasteiger partial charge in [0.1, 0.15) is 12.2 Å². The number of carbonyl (C=O) groups excluding carboxylic acids is 2. The Balaban J connectivity index is 1.82. The van der Waals surface area contributed by atoms with Crippen LogP contribution >= 0.6 is 0 Å². The van der Waals surface area contributed by atoms with Crippen LogP contribution in [0.15, 0.2) is 18.3 Å². The Kier molecular flexibility index (Phi) is 3.84. The number of aromatic carboxylic acids is 1. The van der Waals surface area contributed by atoms with Crippen LogP contribution in [-0.4, -0.2) is 40.0 Å². The van der Waals surface area contributed by atoms with E-state index in [0.29, 0.717) is 19.4 Å². The van der Waals surface area contributed by atoms with E-state index in [1.807, 2.05) is 0 Å². The average molecular weight is 265 g/mol. The van der Waals surface area contributed by atoms with Crippen molar-refractivity contribution in [2.75, 3.05) is 6.54 Å². The number of carbonyl (C=O) groups is 3. The lowest BCUT2D eigenvalue weighted by atomic mass is 10.2. The lowest BCUT2D eigenvalue weighted by Gasteiger charge is -2.12. The van der Waals surface area contributed by atoms with Crippen LogP contribution in [0.4, 0.5) is 0 Å². The second kappa shape index (κ2) is 5.55. The minimum Gasteiger partial charge on any atom is -0.477 e. The monoisotopic (exact) mass is 265 g/mol. The van der Waals surface area contributed by atoms with Gasteiger partial charge in [-0.05, 0) is 18.6 Å². The summed E-state index contributed by atoms with van der Waals surface area (Å²) in [4.78, 5) is 33.5. The summed E-state index contributed by atoms with van der Waals surface area (Å²) in [6, 6.07) is 2.99. The third kappa shape index (κ3) is 3.34. The van der Waals surface area contributed by atoms with E-state index in [9.17, 15) is 14.4 Å². The molecule has 0 aromatic carbocycles. The number of amides is 2. The number of carboxylic acid groups (broad SMARTS) is 1. The number of aromatic nitrogens is 1. The van der Waals surface area contributed by atoms with Crippen LogP contribution in [0.25, 0.3) is 0 Å². The molecule has 1 aromatic rings. The minimum atomic E-state index is -1.07. The van der Waals surface area contributed by atoms with Gasteiger partial charge in [0.25, 0.3) is 0 Å². The molecule has 7 heteroatoms. The van der Waals surface area contributed by atoms with Crippen molar-refractivity contribution >= 4 is 17.8 Å². The molecule has 0 saturated carbocycles. The maximum Gasteiger partial charge on any atom is 0.352 e. The second-order valence-electron chi connectivity index (χ2n) is 4.43. The summed E-state index contributed by atoms with van der Waals surface area (Å²) in [6.07, 6.45) is 2.74. The Hall–Kier alpha value is -2.31. The first-order chi connectivity index (χ1) is 9.06. The molecular weight excluding hydrogens is 250 g/mol. The van der Waals surface area contributed by atoms with Crippen molar-refractivity contribution in [1.82, 2.24) is 15.2 Å². The SMILES string of the molecule is O=C(Cn1cccc1C(=O)O)NCC1CCC(=O)N1. The van der Waals surface area contributed by atoms with Crippen molar-refractivity contribution in [2.24, 2.45) is 0 Å². The van der Waals surface area contributed by atoms with Crippen LogP contribution < -0.4 is 10.6 Å². The fourth-order valence-electron chi connectivity index (χ4n) is 2.02. The quantitative estimate of drug-likeness (QED) is 0.673. The van der Waals surface area contributed by atoms with Crippen LogP contribution in [0.5, 0.6) is 0 Å². The van der Waals surface area contributed by atoms with E-state index in [-0.39, 0.29) is 30.1 Å². The number of rotatable bonds is 5. The summed E-state index contributed by atoms with van der Waals surface area (Å²) < 4.78 is 1.37. The molecule has 1 saturated heterocycles. The van der Waals surface area contributed by atoms with Crippen molar-refractivity contribution in [3.63, 3.8) is 0 Å². The van der Waals surface area contributed by atoms with E-state index in [4.69, 9.17) is 5.11 Å². The Labute approximate surface area is 109 Å². The molecule has 2 amide bonds. The molecule has 1 atom stereocenters. The molecule has 2 rings (SSSR count). The maximum absolute atomic E-state index is 11.7. The lowest BCUT2D eigenvalue weighted by molar-refractivity contribution is -0.122. The molecule has 1 aliphatic heterocycles. The zero-order valence-electron chi connectivity index (χ0n) is 10.3. The molecule has 1 aliphatic rings. The summed E-state index contributed by atoms with van der Waals surface area (Å²) in [7, 11) is 0. The largest absolute Gasteiger partial charge is 0.477 e. The predicted octanol–water partition coefficient (Wildman–Crippen LogP) is -0.419. The molecule has 0 aliphatic carbocycles. The Morgan fingerprint density at radius 3 is 2.95 bits per heavy atom. The van der Waals surface area contributed by atoms with Gasteiger partial charge in [-0.2, -0.15) is 0 Å². The zero-order chi connectivity index (χ0) is 13.8. The van der Waals surface area contributed by atoms with Crippen LogP contribution in [0.2, 0.25) is 0 Å². The number of hydrogen-bond acceptors (Lipinski definition) is 3. The third-order valence-corrected chi connectivity index (χ3v) is 2.99. The summed E-state index contributed by atoms with van der Waals surface area (Å²) in [6.45, 7) is 0.323. The Bertz CT molecular complexity index is 509. The highest BCUT2D eigenvalue weighted by Crippen LogP contribution is 2.05. The smallest absolute Gasteiger partial charge is 0.352 e. The summed E-state index contributed by atoms with van der Waals surface area (Å²) >= 11 is 0. The van der Waals surface area contributed by atoms with Crippen LogP contribution in [-0.2, 0) is 16.1 Å². The van der Waals surface area contributed by atoms with Gasteiger partial charge < -0.3 is 20.3 Å². The summed E-state index contributed by atoms with van der Waals surface area (Å²) in [5.74, 6) is -1.35. The van der Waals surface area contributed by atoms with E-state index in [0.717, 1.165) is 0 Å². The molecule has 0 bridgehead atoms. The van der Waals surface area contributed by atoms with Crippen molar-refractivity contribution in [2.45, 2.75) is 25.4 Å². The number of hydrogen-bond donors (Lipinski definition) is 3. The number of nitrogens with one attached hydrogen (secondary N) is 2. The molecular formula is C12H15N3O4. The van der Waals surface area contributed by atoms with E-state index in [2.05, 4.69) is 10.6 Å². The van der Waals surface area contributed by atoms with E-state index in [1.54, 1.807) is 12.3 Å². The molecule has 1 fully saturated rings. The first-order valence-electron chi connectivity index (χ1n) is 6.01. The van der Waals surface area contributed by atoms with E-state index in [1.165, 1.54) is 10.6 Å². The number of carboxylic acids is 1. The molecule has 19 heavy (non-hydrogen) atoms. The van der Waals surface area contributed by atoms with Crippen molar-refractivity contribution in [3.05, 3.63) is 24.0 Å². The molecule has 1 aromatic heterocycles. The number of nitrogens with zero attached hydrogens (tertiary/aromatic N) is 1. The second-order valence-corrected chi connectivity index (χ2v) is 4.43. The topological polar surface area (TPSA) is 100 Å². The molecule has 0 radical (unpaired) electrons. The normalized spacial score (nSPS) is 18.1. The first kappa shape index (κ1) is 13.1. The van der Waals surface area contributed by atoms with Gasteiger partial charge >= 0.3 is 5.97 Å². The van der Waals surface area contributed by atoms with Gasteiger partial charge in [0.05, 0.1) is 0 Å².